The number of hydrogen-bond acceptors (Lipinski definition) is 7. The van der Waals surface area contributed by atoms with Crippen LogP contribution in [-0.2, 0) is 16.1 Å². The molecule has 0 aliphatic rings. The molecule has 2 aromatic rings. The standard InChI is InChI=1S/C24H32N4O4S/c1-5-16(4)22(27-28-25)20(29)11-18(15(2)3)12-21(30)23-26-19(14-33-23)24(31)32-13-17-9-7-6-8-10-17/h6-10,14-16,18,21-22,30H,5,11-13H2,1-4H3/t16-,18+,21+,22?/m0/s1. The van der Waals surface area contributed by atoms with Crippen molar-refractivity contribution in [1.82, 2.24) is 4.98 Å². The van der Waals surface area contributed by atoms with Crippen molar-refractivity contribution in [3.8, 4) is 0 Å². The van der Waals surface area contributed by atoms with E-state index in [1.807, 2.05) is 58.0 Å². The van der Waals surface area contributed by atoms with E-state index in [-0.39, 0.29) is 42.3 Å². The minimum Gasteiger partial charge on any atom is -0.456 e. The molecule has 4 atom stereocenters. The molecular formula is C24H32N4O4S. The summed E-state index contributed by atoms with van der Waals surface area (Å²) >= 11 is 1.19. The number of Topliss-reactive ketones (excluding diaryl/α,β-unsaturated/α-hetero) is 1. The predicted molar refractivity (Wildman–Crippen MR) is 128 cm³/mol. The Hall–Kier alpha value is -2.74. The molecule has 178 valence electrons. The molecule has 0 spiro atoms. The summed E-state index contributed by atoms with van der Waals surface area (Å²) in [6.45, 7) is 7.97. The second kappa shape index (κ2) is 13.1. The first-order valence-electron chi connectivity index (χ1n) is 11.2. The number of azide groups is 1. The number of rotatable bonds is 13. The van der Waals surface area contributed by atoms with E-state index in [0.29, 0.717) is 11.4 Å². The summed E-state index contributed by atoms with van der Waals surface area (Å²) < 4.78 is 5.30. The molecule has 8 nitrogen and oxygen atoms in total. The average molecular weight is 473 g/mol. The molecule has 0 saturated carbocycles. The van der Waals surface area contributed by atoms with Gasteiger partial charge in [0.2, 0.25) is 0 Å². The van der Waals surface area contributed by atoms with Crippen molar-refractivity contribution in [2.24, 2.45) is 22.9 Å². The summed E-state index contributed by atoms with van der Waals surface area (Å²) in [7, 11) is 0. The van der Waals surface area contributed by atoms with Crippen LogP contribution in [0, 0.1) is 17.8 Å². The number of aliphatic hydroxyl groups excluding tert-OH is 1. The Morgan fingerprint density at radius 2 is 1.94 bits per heavy atom. The Morgan fingerprint density at radius 1 is 1.24 bits per heavy atom. The van der Waals surface area contributed by atoms with Gasteiger partial charge in [-0.1, -0.05) is 69.6 Å². The van der Waals surface area contributed by atoms with Gasteiger partial charge in [0.25, 0.3) is 0 Å². The highest BCUT2D eigenvalue weighted by molar-refractivity contribution is 7.09. The average Bonchev–Trinajstić information content (AvgIpc) is 3.31. The zero-order valence-corrected chi connectivity index (χ0v) is 20.4. The van der Waals surface area contributed by atoms with Crippen LogP contribution in [0.1, 0.15) is 74.1 Å². The van der Waals surface area contributed by atoms with E-state index < -0.39 is 18.1 Å². The second-order valence-electron chi connectivity index (χ2n) is 8.59. The number of aromatic nitrogens is 1. The highest BCUT2D eigenvalue weighted by Crippen LogP contribution is 2.31. The Labute approximate surface area is 198 Å². The van der Waals surface area contributed by atoms with Crippen LogP contribution in [-0.4, -0.2) is 27.9 Å². The van der Waals surface area contributed by atoms with Gasteiger partial charge in [0, 0.05) is 16.7 Å². The summed E-state index contributed by atoms with van der Waals surface area (Å²) in [6, 6.07) is 8.65. The van der Waals surface area contributed by atoms with Crippen LogP contribution in [0.4, 0.5) is 0 Å². The highest BCUT2D eigenvalue weighted by Gasteiger charge is 2.29. The number of aliphatic hydroxyl groups is 1. The number of ketones is 1. The molecule has 1 heterocycles. The lowest BCUT2D eigenvalue weighted by Gasteiger charge is -2.25. The third kappa shape index (κ3) is 7.96. The summed E-state index contributed by atoms with van der Waals surface area (Å²) in [5.74, 6) is -0.699. The Balaban J connectivity index is 2.00. The van der Waals surface area contributed by atoms with E-state index in [1.165, 1.54) is 11.3 Å². The van der Waals surface area contributed by atoms with Gasteiger partial charge in [-0.3, -0.25) is 4.79 Å². The van der Waals surface area contributed by atoms with E-state index in [0.717, 1.165) is 12.0 Å². The number of carbonyl (C=O) groups excluding carboxylic acids is 2. The zero-order chi connectivity index (χ0) is 24.4. The predicted octanol–water partition coefficient (Wildman–Crippen LogP) is 5.88. The van der Waals surface area contributed by atoms with Crippen LogP contribution in [0.2, 0.25) is 0 Å². The number of carbonyl (C=O) groups is 2. The Morgan fingerprint density at radius 3 is 2.55 bits per heavy atom. The lowest BCUT2D eigenvalue weighted by Crippen LogP contribution is -2.29. The molecule has 0 radical (unpaired) electrons. The summed E-state index contributed by atoms with van der Waals surface area (Å²) in [5, 5.41) is 16.5. The lowest BCUT2D eigenvalue weighted by molar-refractivity contribution is -0.122. The Bertz CT molecular complexity index is 956. The third-order valence-corrected chi connectivity index (χ3v) is 6.80. The molecule has 0 bridgehead atoms. The highest BCUT2D eigenvalue weighted by atomic mass is 32.1. The maximum absolute atomic E-state index is 12.8. The quantitative estimate of drug-likeness (QED) is 0.169. The van der Waals surface area contributed by atoms with Gasteiger partial charge in [0.1, 0.15) is 23.5 Å². The zero-order valence-electron chi connectivity index (χ0n) is 19.5. The molecule has 0 aliphatic heterocycles. The molecule has 0 fully saturated rings. The van der Waals surface area contributed by atoms with Gasteiger partial charge in [-0.15, -0.1) is 11.3 Å². The number of benzene rings is 1. The second-order valence-corrected chi connectivity index (χ2v) is 9.48. The minimum absolute atomic E-state index is 0.0467. The van der Waals surface area contributed by atoms with Crippen molar-refractivity contribution in [2.75, 3.05) is 0 Å². The minimum atomic E-state index is -0.910. The van der Waals surface area contributed by atoms with Crippen molar-refractivity contribution in [3.63, 3.8) is 0 Å². The van der Waals surface area contributed by atoms with Gasteiger partial charge in [-0.05, 0) is 35.3 Å². The summed E-state index contributed by atoms with van der Waals surface area (Å²) in [6.07, 6.45) is 0.346. The number of esters is 1. The van der Waals surface area contributed by atoms with Crippen LogP contribution in [0.5, 0.6) is 0 Å². The van der Waals surface area contributed by atoms with E-state index in [4.69, 9.17) is 10.3 Å². The van der Waals surface area contributed by atoms with Crippen LogP contribution in [0.15, 0.2) is 40.8 Å². The van der Waals surface area contributed by atoms with Crippen LogP contribution in [0.3, 0.4) is 0 Å². The fourth-order valence-electron chi connectivity index (χ4n) is 3.46. The molecule has 0 aliphatic carbocycles. The molecule has 1 N–H and O–H groups in total. The number of hydrogen-bond donors (Lipinski definition) is 1. The van der Waals surface area contributed by atoms with Crippen molar-refractivity contribution in [2.45, 2.75) is 65.7 Å². The summed E-state index contributed by atoms with van der Waals surface area (Å²) in [5.41, 5.74) is 9.87. The molecule has 33 heavy (non-hydrogen) atoms. The van der Waals surface area contributed by atoms with Gasteiger partial charge >= 0.3 is 5.97 Å². The number of thiazole rings is 1. The molecular weight excluding hydrogens is 440 g/mol. The maximum atomic E-state index is 12.8. The van der Waals surface area contributed by atoms with Gasteiger partial charge in [0.15, 0.2) is 5.69 Å². The van der Waals surface area contributed by atoms with E-state index in [9.17, 15) is 14.7 Å². The molecule has 2 rings (SSSR count). The third-order valence-electron chi connectivity index (χ3n) is 5.85. The molecule has 1 unspecified atom stereocenters. The smallest absolute Gasteiger partial charge is 0.358 e. The normalized spacial score (nSPS) is 14.7. The van der Waals surface area contributed by atoms with E-state index in [2.05, 4.69) is 15.0 Å². The Kier molecular flexibility index (Phi) is 10.5. The van der Waals surface area contributed by atoms with Gasteiger partial charge in [0.05, 0.1) is 6.04 Å². The van der Waals surface area contributed by atoms with Crippen LogP contribution >= 0.6 is 11.3 Å². The summed E-state index contributed by atoms with van der Waals surface area (Å²) in [4.78, 5) is 32.2. The maximum Gasteiger partial charge on any atom is 0.358 e. The topological polar surface area (TPSA) is 125 Å². The molecule has 1 aromatic heterocycles. The van der Waals surface area contributed by atoms with Gasteiger partial charge in [-0.2, -0.15) is 0 Å². The van der Waals surface area contributed by atoms with E-state index >= 15 is 0 Å². The fourth-order valence-corrected chi connectivity index (χ4v) is 4.25. The van der Waals surface area contributed by atoms with E-state index in [1.54, 1.807) is 5.38 Å². The van der Waals surface area contributed by atoms with Crippen molar-refractivity contribution in [1.29, 1.82) is 0 Å². The first kappa shape index (κ1) is 26.5. The SMILES string of the molecule is CC[C@H](C)C(N=[N+]=[N-])C(=O)C[C@H](C[C@@H](O)c1nc(C(=O)OCc2ccccc2)cs1)C(C)C. The van der Waals surface area contributed by atoms with Crippen molar-refractivity contribution >= 4 is 23.1 Å². The molecule has 0 amide bonds. The fraction of sp³-hybridized carbons (Fsp3) is 0.542. The monoisotopic (exact) mass is 472 g/mol. The molecule has 0 saturated heterocycles. The molecule has 9 heteroatoms. The van der Waals surface area contributed by atoms with Crippen LogP contribution in [0.25, 0.3) is 10.4 Å². The van der Waals surface area contributed by atoms with Gasteiger partial charge < -0.3 is 9.84 Å². The largest absolute Gasteiger partial charge is 0.456 e. The first-order valence-corrected chi connectivity index (χ1v) is 12.1. The van der Waals surface area contributed by atoms with Gasteiger partial charge in [-0.25, -0.2) is 9.78 Å². The first-order chi connectivity index (χ1) is 15.8. The lowest BCUT2D eigenvalue weighted by atomic mass is 9.82. The van der Waals surface area contributed by atoms with Crippen molar-refractivity contribution in [3.05, 3.63) is 62.4 Å². The molecule has 1 aromatic carbocycles. The number of nitrogens with zero attached hydrogens (tertiary/aromatic N) is 4. The number of ether oxygens (including phenoxy) is 1. The van der Waals surface area contributed by atoms with Crippen molar-refractivity contribution < 1.29 is 19.4 Å². The van der Waals surface area contributed by atoms with Crippen LogP contribution < -0.4 is 0 Å².